The molecule has 0 N–H and O–H groups in total. The monoisotopic (exact) mass is 407 g/mol. The van der Waals surface area contributed by atoms with Crippen LogP contribution < -0.4 is 9.47 Å². The van der Waals surface area contributed by atoms with E-state index in [-0.39, 0.29) is 17.5 Å². The molecule has 0 fully saturated rings. The third-order valence-corrected chi connectivity index (χ3v) is 5.09. The first kappa shape index (κ1) is 21.0. The summed E-state index contributed by atoms with van der Waals surface area (Å²) in [7, 11) is 3.26. The molecule has 0 aliphatic heterocycles. The van der Waals surface area contributed by atoms with Crippen molar-refractivity contribution in [3.05, 3.63) is 41.2 Å². The van der Waals surface area contributed by atoms with E-state index in [1.807, 2.05) is 12.1 Å². The molecule has 0 atom stereocenters. The highest BCUT2D eigenvalue weighted by Gasteiger charge is 2.37. The van der Waals surface area contributed by atoms with Gasteiger partial charge in [0.25, 0.3) is 0 Å². The standard InChI is InChI=1S/C21H24F3N3O2/c1-6-13(7-2)14-9-11-15(28-5)17-18(14)27(4)20(26-17)29-16-10-8-12(3)25-19(16)21(22,23)24/h8-11,13H,6-7H2,1-5H3. The number of hydrogen-bond acceptors (Lipinski definition) is 4. The predicted octanol–water partition coefficient (Wildman–Crippen LogP) is 6.00. The second-order valence-electron chi connectivity index (χ2n) is 6.92. The van der Waals surface area contributed by atoms with Gasteiger partial charge >= 0.3 is 12.2 Å². The molecule has 3 rings (SSSR count). The van der Waals surface area contributed by atoms with Crippen molar-refractivity contribution >= 4 is 11.0 Å². The first-order chi connectivity index (χ1) is 13.7. The molecule has 1 aromatic carbocycles. The van der Waals surface area contributed by atoms with Crippen molar-refractivity contribution in [1.82, 2.24) is 14.5 Å². The number of nitrogens with zero attached hydrogens (tertiary/aromatic N) is 3. The van der Waals surface area contributed by atoms with Crippen LogP contribution >= 0.6 is 0 Å². The van der Waals surface area contributed by atoms with Crippen molar-refractivity contribution in [3.63, 3.8) is 0 Å². The number of benzene rings is 1. The zero-order valence-electron chi connectivity index (χ0n) is 17.1. The third-order valence-electron chi connectivity index (χ3n) is 5.09. The molecule has 29 heavy (non-hydrogen) atoms. The van der Waals surface area contributed by atoms with Crippen LogP contribution in [0, 0.1) is 6.92 Å². The summed E-state index contributed by atoms with van der Waals surface area (Å²) in [5.41, 5.74) is 1.60. The highest BCUT2D eigenvalue weighted by molar-refractivity contribution is 5.86. The van der Waals surface area contributed by atoms with Crippen molar-refractivity contribution < 1.29 is 22.6 Å². The maximum Gasteiger partial charge on any atom is 0.437 e. The quantitative estimate of drug-likeness (QED) is 0.503. The van der Waals surface area contributed by atoms with Gasteiger partial charge in [-0.2, -0.15) is 18.2 Å². The van der Waals surface area contributed by atoms with Crippen LogP contribution in [-0.2, 0) is 13.2 Å². The van der Waals surface area contributed by atoms with Gasteiger partial charge in [-0.15, -0.1) is 0 Å². The number of rotatable bonds is 6. The SMILES string of the molecule is CCC(CC)c1ccc(OC)c2nc(Oc3ccc(C)nc3C(F)(F)F)n(C)c12. The maximum atomic E-state index is 13.4. The number of aromatic nitrogens is 3. The van der Waals surface area contributed by atoms with Gasteiger partial charge in [0.1, 0.15) is 11.3 Å². The molecule has 156 valence electrons. The average molecular weight is 407 g/mol. The van der Waals surface area contributed by atoms with Crippen LogP contribution in [0.3, 0.4) is 0 Å². The van der Waals surface area contributed by atoms with E-state index >= 15 is 0 Å². The Bertz CT molecular complexity index is 1020. The number of halogens is 3. The minimum absolute atomic E-state index is 0.0489. The number of ether oxygens (including phenoxy) is 2. The number of hydrogen-bond donors (Lipinski definition) is 0. The van der Waals surface area contributed by atoms with E-state index in [2.05, 4.69) is 23.8 Å². The minimum atomic E-state index is -4.63. The lowest BCUT2D eigenvalue weighted by molar-refractivity contribution is -0.142. The minimum Gasteiger partial charge on any atom is -0.494 e. The largest absolute Gasteiger partial charge is 0.494 e. The number of fused-ring (bicyclic) bond motifs is 1. The Labute approximate surface area is 167 Å². The van der Waals surface area contributed by atoms with Gasteiger partial charge in [-0.1, -0.05) is 19.9 Å². The van der Waals surface area contributed by atoms with Crippen molar-refractivity contribution in [3.8, 4) is 17.5 Å². The lowest BCUT2D eigenvalue weighted by atomic mass is 9.92. The van der Waals surface area contributed by atoms with Crippen molar-refractivity contribution in [2.24, 2.45) is 7.05 Å². The normalized spacial score (nSPS) is 12.0. The smallest absolute Gasteiger partial charge is 0.437 e. The summed E-state index contributed by atoms with van der Waals surface area (Å²) in [4.78, 5) is 8.07. The highest BCUT2D eigenvalue weighted by atomic mass is 19.4. The molecular formula is C21H24F3N3O2. The second-order valence-corrected chi connectivity index (χ2v) is 6.92. The van der Waals surface area contributed by atoms with Crippen molar-refractivity contribution in [2.75, 3.05) is 7.11 Å². The van der Waals surface area contributed by atoms with Gasteiger partial charge < -0.3 is 9.47 Å². The summed E-state index contributed by atoms with van der Waals surface area (Å²) in [6.45, 7) is 5.71. The van der Waals surface area contributed by atoms with Gasteiger partial charge in [0.2, 0.25) is 0 Å². The lowest BCUT2D eigenvalue weighted by Crippen LogP contribution is -2.11. The van der Waals surface area contributed by atoms with Crippen LogP contribution in [-0.4, -0.2) is 21.6 Å². The molecule has 0 bridgehead atoms. The molecule has 0 aliphatic carbocycles. The molecule has 0 unspecified atom stereocenters. The van der Waals surface area contributed by atoms with E-state index in [0.717, 1.165) is 23.9 Å². The molecule has 0 saturated carbocycles. The van der Waals surface area contributed by atoms with E-state index in [0.29, 0.717) is 17.2 Å². The summed E-state index contributed by atoms with van der Waals surface area (Å²) >= 11 is 0. The van der Waals surface area contributed by atoms with Gasteiger partial charge in [0.05, 0.1) is 12.6 Å². The topological polar surface area (TPSA) is 49.2 Å². The van der Waals surface area contributed by atoms with E-state index in [1.54, 1.807) is 11.6 Å². The Hall–Kier alpha value is -2.77. The third kappa shape index (κ3) is 3.88. The van der Waals surface area contributed by atoms with Crippen LogP contribution in [0.5, 0.6) is 17.5 Å². The summed E-state index contributed by atoms with van der Waals surface area (Å²) in [6, 6.07) is 6.61. The number of methoxy groups -OCH3 is 1. The summed E-state index contributed by atoms with van der Waals surface area (Å²) < 4.78 is 53.0. The Balaban J connectivity index is 2.18. The van der Waals surface area contributed by atoms with E-state index in [4.69, 9.17) is 9.47 Å². The molecule has 0 amide bonds. The fourth-order valence-corrected chi connectivity index (χ4v) is 3.55. The first-order valence-electron chi connectivity index (χ1n) is 9.47. The first-order valence-corrected chi connectivity index (χ1v) is 9.47. The predicted molar refractivity (Wildman–Crippen MR) is 105 cm³/mol. The summed E-state index contributed by atoms with van der Waals surface area (Å²) in [5.74, 6) is 0.446. The Morgan fingerprint density at radius 3 is 2.28 bits per heavy atom. The molecule has 0 radical (unpaired) electrons. The zero-order valence-corrected chi connectivity index (χ0v) is 17.1. The molecule has 5 nitrogen and oxygen atoms in total. The summed E-state index contributed by atoms with van der Waals surface area (Å²) in [5, 5.41) is 0. The lowest BCUT2D eigenvalue weighted by Gasteiger charge is -2.16. The number of pyridine rings is 1. The van der Waals surface area contributed by atoms with Gasteiger partial charge in [-0.05, 0) is 49.4 Å². The fourth-order valence-electron chi connectivity index (χ4n) is 3.55. The van der Waals surface area contributed by atoms with Gasteiger partial charge in [0, 0.05) is 12.7 Å². The molecule has 2 aromatic heterocycles. The van der Waals surface area contributed by atoms with Crippen LogP contribution in [0.4, 0.5) is 13.2 Å². The highest BCUT2D eigenvalue weighted by Crippen LogP contribution is 2.40. The molecule has 8 heteroatoms. The van der Waals surface area contributed by atoms with Crippen LogP contribution in [0.15, 0.2) is 24.3 Å². The zero-order chi connectivity index (χ0) is 21.3. The van der Waals surface area contributed by atoms with Crippen molar-refractivity contribution in [1.29, 1.82) is 0 Å². The van der Waals surface area contributed by atoms with Gasteiger partial charge in [-0.25, -0.2) is 4.98 Å². The molecular weight excluding hydrogens is 383 g/mol. The molecule has 0 saturated heterocycles. The Morgan fingerprint density at radius 1 is 1.03 bits per heavy atom. The van der Waals surface area contributed by atoms with Gasteiger partial charge in [-0.3, -0.25) is 4.57 Å². The van der Waals surface area contributed by atoms with Crippen LogP contribution in [0.1, 0.15) is 49.6 Å². The maximum absolute atomic E-state index is 13.4. The van der Waals surface area contributed by atoms with E-state index < -0.39 is 11.9 Å². The Morgan fingerprint density at radius 2 is 1.69 bits per heavy atom. The van der Waals surface area contributed by atoms with E-state index in [9.17, 15) is 13.2 Å². The second kappa shape index (κ2) is 7.93. The molecule has 3 aromatic rings. The average Bonchev–Trinajstić information content (AvgIpc) is 3.00. The van der Waals surface area contributed by atoms with E-state index in [1.165, 1.54) is 26.2 Å². The Kier molecular flexibility index (Phi) is 5.73. The summed E-state index contributed by atoms with van der Waals surface area (Å²) in [6.07, 6.45) is -2.77. The van der Waals surface area contributed by atoms with Crippen molar-refractivity contribution in [2.45, 2.75) is 45.7 Å². The fraction of sp³-hybridized carbons (Fsp3) is 0.429. The number of aryl methyl sites for hydroxylation is 2. The van der Waals surface area contributed by atoms with Crippen LogP contribution in [0.2, 0.25) is 0 Å². The molecule has 0 aliphatic rings. The number of alkyl halides is 3. The van der Waals surface area contributed by atoms with Crippen LogP contribution in [0.25, 0.3) is 11.0 Å². The number of imidazole rings is 1. The van der Waals surface area contributed by atoms with Gasteiger partial charge in [0.15, 0.2) is 11.4 Å². The molecule has 2 heterocycles. The molecule has 0 spiro atoms.